The van der Waals surface area contributed by atoms with Crippen LogP contribution in [-0.2, 0) is 9.53 Å². The number of carbonyl (C=O) groups excluding carboxylic acids is 1. The minimum Gasteiger partial charge on any atom is -0.479 e. The van der Waals surface area contributed by atoms with Crippen LogP contribution in [0.2, 0.25) is 0 Å². The maximum Gasteiger partial charge on any atom is 0.410 e. The minimum atomic E-state index is -1.17. The lowest BCUT2D eigenvalue weighted by Gasteiger charge is -2.44. The second-order valence-corrected chi connectivity index (χ2v) is 3.36. The Morgan fingerprint density at radius 2 is 2.27 bits per heavy atom. The molecule has 0 aliphatic carbocycles. The van der Waals surface area contributed by atoms with Gasteiger partial charge >= 0.3 is 12.1 Å². The molecule has 1 amide bonds. The van der Waals surface area contributed by atoms with Crippen molar-refractivity contribution in [2.24, 2.45) is 0 Å². The summed E-state index contributed by atoms with van der Waals surface area (Å²) < 4.78 is 4.76. The van der Waals surface area contributed by atoms with E-state index >= 15 is 0 Å². The number of likely N-dealkylation sites (N-methyl/N-ethyl adjacent to an activating group) is 1. The van der Waals surface area contributed by atoms with Crippen molar-refractivity contribution in [3.05, 3.63) is 12.7 Å². The van der Waals surface area contributed by atoms with Crippen LogP contribution in [0.3, 0.4) is 0 Å². The van der Waals surface area contributed by atoms with Gasteiger partial charge in [0.2, 0.25) is 0 Å². The molecular weight excluding hydrogens is 200 g/mol. The molecule has 0 aromatic heterocycles. The molecule has 84 valence electrons. The molecule has 0 bridgehead atoms. The Morgan fingerprint density at radius 3 is 2.60 bits per heavy atom. The summed E-state index contributed by atoms with van der Waals surface area (Å²) in [5.41, 5.74) is -1.17. The highest BCUT2D eigenvalue weighted by Crippen LogP contribution is 2.20. The van der Waals surface area contributed by atoms with E-state index in [1.54, 1.807) is 0 Å². The number of ether oxygens (including phenoxy) is 1. The molecule has 0 radical (unpaired) electrons. The van der Waals surface area contributed by atoms with E-state index in [4.69, 9.17) is 9.84 Å². The van der Waals surface area contributed by atoms with E-state index in [2.05, 4.69) is 11.9 Å². The fraction of sp³-hybridized carbons (Fsp3) is 0.556. The van der Waals surface area contributed by atoms with Crippen LogP contribution in [0.25, 0.3) is 0 Å². The molecule has 1 saturated heterocycles. The normalized spacial score (nSPS) is 17.4. The number of hydrogen-bond donors (Lipinski definition) is 2. The first-order valence-corrected chi connectivity index (χ1v) is 4.50. The number of carboxylic acids is 1. The van der Waals surface area contributed by atoms with Crippen molar-refractivity contribution in [1.82, 2.24) is 10.2 Å². The highest BCUT2D eigenvalue weighted by molar-refractivity contribution is 5.86. The van der Waals surface area contributed by atoms with E-state index in [1.807, 2.05) is 0 Å². The molecular formula is C9H14N2O4. The molecule has 0 spiro atoms. The summed E-state index contributed by atoms with van der Waals surface area (Å²) in [7, 11) is 1.42. The van der Waals surface area contributed by atoms with E-state index in [0.29, 0.717) is 0 Å². The van der Waals surface area contributed by atoms with E-state index in [9.17, 15) is 9.59 Å². The Bertz CT molecular complexity index is 286. The highest BCUT2D eigenvalue weighted by atomic mass is 16.6. The Kier molecular flexibility index (Phi) is 3.31. The molecule has 1 aliphatic heterocycles. The standard InChI is InChI=1S/C9H14N2O4/c1-3-4-15-8(14)11(2)9(7(12)13)5-10-6-9/h3,10H,1,4-6H2,2H3,(H,12,13). The summed E-state index contributed by atoms with van der Waals surface area (Å²) in [6, 6.07) is 0. The first-order valence-electron chi connectivity index (χ1n) is 4.50. The van der Waals surface area contributed by atoms with Gasteiger partial charge in [0.25, 0.3) is 0 Å². The smallest absolute Gasteiger partial charge is 0.410 e. The topological polar surface area (TPSA) is 78.9 Å². The van der Waals surface area contributed by atoms with Crippen molar-refractivity contribution >= 4 is 12.1 Å². The zero-order valence-corrected chi connectivity index (χ0v) is 8.52. The number of carbonyl (C=O) groups is 2. The molecule has 1 fully saturated rings. The highest BCUT2D eigenvalue weighted by Gasteiger charge is 2.50. The molecule has 1 heterocycles. The van der Waals surface area contributed by atoms with Gasteiger partial charge in [0.05, 0.1) is 0 Å². The fourth-order valence-electron chi connectivity index (χ4n) is 1.30. The molecule has 0 unspecified atom stereocenters. The fourth-order valence-corrected chi connectivity index (χ4v) is 1.30. The van der Waals surface area contributed by atoms with Crippen molar-refractivity contribution in [2.75, 3.05) is 26.7 Å². The number of hydrogen-bond acceptors (Lipinski definition) is 4. The average Bonchev–Trinajstić information content (AvgIpc) is 2.11. The van der Waals surface area contributed by atoms with Crippen molar-refractivity contribution in [2.45, 2.75) is 5.54 Å². The van der Waals surface area contributed by atoms with Crippen LogP contribution in [0.15, 0.2) is 12.7 Å². The summed E-state index contributed by atoms with van der Waals surface area (Å²) in [6.07, 6.45) is 0.775. The van der Waals surface area contributed by atoms with E-state index in [0.717, 1.165) is 4.90 Å². The third-order valence-corrected chi connectivity index (χ3v) is 2.47. The van der Waals surface area contributed by atoms with Gasteiger partial charge in [-0.25, -0.2) is 9.59 Å². The monoisotopic (exact) mass is 214 g/mol. The summed E-state index contributed by atoms with van der Waals surface area (Å²) in [5.74, 6) is -1.03. The van der Waals surface area contributed by atoms with Gasteiger partial charge in [-0.1, -0.05) is 12.7 Å². The second kappa shape index (κ2) is 4.31. The molecule has 1 rings (SSSR count). The van der Waals surface area contributed by atoms with Crippen molar-refractivity contribution in [3.63, 3.8) is 0 Å². The first kappa shape index (κ1) is 11.5. The van der Waals surface area contributed by atoms with Crippen LogP contribution in [0.1, 0.15) is 0 Å². The zero-order valence-electron chi connectivity index (χ0n) is 8.52. The van der Waals surface area contributed by atoms with E-state index < -0.39 is 17.6 Å². The quantitative estimate of drug-likeness (QED) is 0.626. The van der Waals surface area contributed by atoms with Gasteiger partial charge < -0.3 is 15.2 Å². The SMILES string of the molecule is C=CCOC(=O)N(C)C1(C(=O)O)CNC1. The first-order chi connectivity index (χ1) is 7.04. The number of amides is 1. The van der Waals surface area contributed by atoms with Gasteiger partial charge in [-0.05, 0) is 0 Å². The van der Waals surface area contributed by atoms with Gasteiger partial charge in [0.1, 0.15) is 6.61 Å². The second-order valence-electron chi connectivity index (χ2n) is 3.36. The van der Waals surface area contributed by atoms with Crippen LogP contribution in [-0.4, -0.2) is 54.4 Å². The lowest BCUT2D eigenvalue weighted by molar-refractivity contribution is -0.153. The van der Waals surface area contributed by atoms with Gasteiger partial charge in [-0.2, -0.15) is 0 Å². The third kappa shape index (κ3) is 1.94. The maximum atomic E-state index is 11.4. The predicted molar refractivity (Wildman–Crippen MR) is 52.5 cm³/mol. The molecule has 15 heavy (non-hydrogen) atoms. The summed E-state index contributed by atoms with van der Waals surface area (Å²) in [4.78, 5) is 23.5. The summed E-state index contributed by atoms with van der Waals surface area (Å²) >= 11 is 0. The van der Waals surface area contributed by atoms with Gasteiger partial charge in [-0.3, -0.25) is 4.90 Å². The van der Waals surface area contributed by atoms with Gasteiger partial charge in [-0.15, -0.1) is 0 Å². The van der Waals surface area contributed by atoms with Gasteiger partial charge in [0.15, 0.2) is 5.54 Å². The van der Waals surface area contributed by atoms with Crippen LogP contribution in [0.4, 0.5) is 4.79 Å². The number of nitrogens with one attached hydrogen (secondary N) is 1. The minimum absolute atomic E-state index is 0.0757. The third-order valence-electron chi connectivity index (χ3n) is 2.47. The summed E-state index contributed by atoms with van der Waals surface area (Å²) in [6.45, 7) is 3.95. The Morgan fingerprint density at radius 1 is 1.67 bits per heavy atom. The van der Waals surface area contributed by atoms with Crippen molar-refractivity contribution in [1.29, 1.82) is 0 Å². The van der Waals surface area contributed by atoms with Crippen LogP contribution >= 0.6 is 0 Å². The molecule has 0 aromatic carbocycles. The molecule has 6 nitrogen and oxygen atoms in total. The van der Waals surface area contributed by atoms with Crippen LogP contribution in [0.5, 0.6) is 0 Å². The molecule has 2 N–H and O–H groups in total. The Labute approximate surface area is 87.5 Å². The Hall–Kier alpha value is -1.56. The van der Waals surface area contributed by atoms with Crippen LogP contribution in [0, 0.1) is 0 Å². The van der Waals surface area contributed by atoms with E-state index in [1.165, 1.54) is 13.1 Å². The predicted octanol–water partition coefficient (Wildman–Crippen LogP) is -0.333. The number of carboxylic acid groups (broad SMARTS) is 1. The molecule has 1 aliphatic rings. The summed E-state index contributed by atoms with van der Waals surface area (Å²) in [5, 5.41) is 11.8. The molecule has 0 atom stereocenters. The van der Waals surface area contributed by atoms with Crippen molar-refractivity contribution < 1.29 is 19.4 Å². The largest absolute Gasteiger partial charge is 0.479 e. The Balaban J connectivity index is 2.65. The van der Waals surface area contributed by atoms with Gasteiger partial charge in [0, 0.05) is 20.1 Å². The van der Waals surface area contributed by atoms with Crippen molar-refractivity contribution in [3.8, 4) is 0 Å². The molecule has 6 heteroatoms. The number of rotatable bonds is 4. The van der Waals surface area contributed by atoms with Crippen LogP contribution < -0.4 is 5.32 Å². The lowest BCUT2D eigenvalue weighted by Crippen LogP contribution is -2.73. The van der Waals surface area contributed by atoms with E-state index in [-0.39, 0.29) is 19.7 Å². The average molecular weight is 214 g/mol. The number of nitrogens with zero attached hydrogens (tertiary/aromatic N) is 1. The molecule has 0 saturated carbocycles. The maximum absolute atomic E-state index is 11.4. The zero-order chi connectivity index (χ0) is 11.5. The number of aliphatic carboxylic acids is 1. The lowest BCUT2D eigenvalue weighted by atomic mass is 9.91. The molecule has 0 aromatic rings.